The number of alkyl halides is 3. The van der Waals surface area contributed by atoms with E-state index in [0.29, 0.717) is 12.2 Å². The zero-order valence-corrected chi connectivity index (χ0v) is 12.0. The fraction of sp³-hybridized carbons (Fsp3) is 0.615. The van der Waals surface area contributed by atoms with Crippen LogP contribution >= 0.6 is 0 Å². The number of nitrogens with one attached hydrogen (secondary N) is 1. The molecule has 8 heteroatoms. The van der Waals surface area contributed by atoms with Crippen molar-refractivity contribution in [1.29, 1.82) is 0 Å². The van der Waals surface area contributed by atoms with Gasteiger partial charge in [0.2, 0.25) is 0 Å². The van der Waals surface area contributed by atoms with Crippen molar-refractivity contribution in [2.24, 2.45) is 5.84 Å². The van der Waals surface area contributed by atoms with Crippen LogP contribution in [0.1, 0.15) is 31.9 Å². The van der Waals surface area contributed by atoms with Gasteiger partial charge in [0, 0.05) is 18.8 Å². The first kappa shape index (κ1) is 17.7. The molecule has 120 valence electrons. The average Bonchev–Trinajstić information content (AvgIpc) is 2.37. The smallest absolute Gasteiger partial charge is 0.411 e. The molecule has 1 unspecified atom stereocenters. The highest BCUT2D eigenvalue weighted by Gasteiger charge is 2.27. The minimum Gasteiger partial charge on any atom is -0.489 e. The van der Waals surface area contributed by atoms with E-state index in [4.69, 9.17) is 10.6 Å². The largest absolute Gasteiger partial charge is 0.489 e. The van der Waals surface area contributed by atoms with Crippen LogP contribution in [0.25, 0.3) is 0 Å². The van der Waals surface area contributed by atoms with Crippen LogP contribution in [0, 0.1) is 0 Å². The van der Waals surface area contributed by atoms with Crippen LogP contribution in [0.4, 0.5) is 13.2 Å². The Balaban J connectivity index is 2.55. The van der Waals surface area contributed by atoms with Crippen LogP contribution in [-0.2, 0) is 4.74 Å². The number of hydrazine groups is 1. The molecule has 0 radical (unpaired) electrons. The summed E-state index contributed by atoms with van der Waals surface area (Å²) >= 11 is 0. The van der Waals surface area contributed by atoms with Crippen LogP contribution in [0.3, 0.4) is 0 Å². The highest BCUT2D eigenvalue weighted by Crippen LogP contribution is 2.21. The molecular formula is C13H20F3N3O2. The van der Waals surface area contributed by atoms with E-state index in [9.17, 15) is 13.2 Å². The summed E-state index contributed by atoms with van der Waals surface area (Å²) in [4.78, 5) is 4.03. The minimum absolute atomic E-state index is 0.00135. The standard InChI is InChI=1S/C13H20F3N3O2/c1-9(2)21-11-5-10(6-18-7-11)12(19-17)3-4-20-8-13(14,15)16/h5-7,9,12,19H,3-4,8,17H2,1-2H3. The Bertz CT molecular complexity index is 427. The molecule has 0 saturated carbocycles. The average molecular weight is 307 g/mol. The van der Waals surface area contributed by atoms with Gasteiger partial charge in [-0.15, -0.1) is 0 Å². The normalized spacial score (nSPS) is 13.5. The molecular weight excluding hydrogens is 287 g/mol. The van der Waals surface area contributed by atoms with Gasteiger partial charge in [0.25, 0.3) is 0 Å². The van der Waals surface area contributed by atoms with Gasteiger partial charge in [0.15, 0.2) is 0 Å². The maximum Gasteiger partial charge on any atom is 0.411 e. The summed E-state index contributed by atoms with van der Waals surface area (Å²) in [7, 11) is 0. The van der Waals surface area contributed by atoms with E-state index in [1.54, 1.807) is 18.5 Å². The van der Waals surface area contributed by atoms with E-state index in [1.165, 1.54) is 0 Å². The van der Waals surface area contributed by atoms with E-state index >= 15 is 0 Å². The minimum atomic E-state index is -4.32. The van der Waals surface area contributed by atoms with Gasteiger partial charge in [-0.25, -0.2) is 0 Å². The molecule has 1 rings (SSSR count). The van der Waals surface area contributed by atoms with Crippen LogP contribution in [0.15, 0.2) is 18.5 Å². The van der Waals surface area contributed by atoms with E-state index in [0.717, 1.165) is 5.56 Å². The first-order valence-electron chi connectivity index (χ1n) is 6.54. The lowest BCUT2D eigenvalue weighted by molar-refractivity contribution is -0.174. The zero-order chi connectivity index (χ0) is 15.9. The van der Waals surface area contributed by atoms with Gasteiger partial charge in [-0.3, -0.25) is 16.3 Å². The van der Waals surface area contributed by atoms with Crippen molar-refractivity contribution in [1.82, 2.24) is 10.4 Å². The highest BCUT2D eigenvalue weighted by molar-refractivity contribution is 5.26. The maximum atomic E-state index is 12.0. The lowest BCUT2D eigenvalue weighted by atomic mass is 10.1. The monoisotopic (exact) mass is 307 g/mol. The van der Waals surface area contributed by atoms with Crippen molar-refractivity contribution in [3.8, 4) is 5.75 Å². The molecule has 0 fully saturated rings. The van der Waals surface area contributed by atoms with Gasteiger partial charge in [-0.1, -0.05) is 0 Å². The number of hydrogen-bond donors (Lipinski definition) is 2. The molecule has 0 saturated heterocycles. The summed E-state index contributed by atoms with van der Waals surface area (Å²) in [6.45, 7) is 2.44. The van der Waals surface area contributed by atoms with Crippen LogP contribution in [-0.4, -0.2) is 30.5 Å². The van der Waals surface area contributed by atoms with E-state index in [-0.39, 0.29) is 18.8 Å². The molecule has 21 heavy (non-hydrogen) atoms. The van der Waals surface area contributed by atoms with E-state index in [1.807, 2.05) is 13.8 Å². The molecule has 5 nitrogen and oxygen atoms in total. The van der Waals surface area contributed by atoms with Crippen LogP contribution in [0.2, 0.25) is 0 Å². The first-order valence-corrected chi connectivity index (χ1v) is 6.54. The van der Waals surface area contributed by atoms with Crippen LogP contribution in [0.5, 0.6) is 5.75 Å². The van der Waals surface area contributed by atoms with Crippen molar-refractivity contribution >= 4 is 0 Å². The number of hydrogen-bond acceptors (Lipinski definition) is 5. The molecule has 1 atom stereocenters. The van der Waals surface area contributed by atoms with Gasteiger partial charge < -0.3 is 9.47 Å². The third kappa shape index (κ3) is 7.26. The first-order chi connectivity index (χ1) is 9.81. The Kier molecular flexibility index (Phi) is 6.86. The maximum absolute atomic E-state index is 12.0. The van der Waals surface area contributed by atoms with Crippen molar-refractivity contribution in [2.45, 2.75) is 38.6 Å². The van der Waals surface area contributed by atoms with Crippen molar-refractivity contribution in [2.75, 3.05) is 13.2 Å². The fourth-order valence-corrected chi connectivity index (χ4v) is 1.70. The Morgan fingerprint density at radius 1 is 1.33 bits per heavy atom. The topological polar surface area (TPSA) is 69.4 Å². The number of nitrogens with zero attached hydrogens (tertiary/aromatic N) is 1. The summed E-state index contributed by atoms with van der Waals surface area (Å²) in [5.41, 5.74) is 3.27. The number of nitrogens with two attached hydrogens (primary N) is 1. The number of halogens is 3. The molecule has 3 N–H and O–H groups in total. The number of rotatable bonds is 8. The van der Waals surface area contributed by atoms with Gasteiger partial charge in [-0.2, -0.15) is 13.2 Å². The quantitative estimate of drug-likeness (QED) is 0.438. The summed E-state index contributed by atoms with van der Waals surface area (Å²) < 4.78 is 46.0. The summed E-state index contributed by atoms with van der Waals surface area (Å²) in [5, 5.41) is 0. The molecule has 0 aromatic carbocycles. The Morgan fingerprint density at radius 2 is 2.05 bits per heavy atom. The van der Waals surface area contributed by atoms with E-state index in [2.05, 4.69) is 15.1 Å². The predicted molar refractivity (Wildman–Crippen MR) is 71.6 cm³/mol. The predicted octanol–water partition coefficient (Wildman–Crippen LogP) is 2.34. The van der Waals surface area contributed by atoms with Crippen molar-refractivity contribution < 1.29 is 22.6 Å². The third-order valence-electron chi connectivity index (χ3n) is 2.53. The van der Waals surface area contributed by atoms with Crippen molar-refractivity contribution in [3.05, 3.63) is 24.0 Å². The molecule has 0 amide bonds. The Labute approximate surface area is 121 Å². The number of ether oxygens (including phenoxy) is 2. The molecule has 1 aromatic rings. The molecule has 0 bridgehead atoms. The van der Waals surface area contributed by atoms with Gasteiger partial charge in [0.05, 0.1) is 12.3 Å². The second-order valence-corrected chi connectivity index (χ2v) is 4.80. The second kappa shape index (κ2) is 8.16. The fourth-order valence-electron chi connectivity index (χ4n) is 1.70. The lowest BCUT2D eigenvalue weighted by Gasteiger charge is -2.18. The SMILES string of the molecule is CC(C)Oc1cncc(C(CCOCC(F)(F)F)NN)c1. The molecule has 1 heterocycles. The van der Waals surface area contributed by atoms with Crippen LogP contribution < -0.4 is 16.0 Å². The molecule has 0 aliphatic rings. The van der Waals surface area contributed by atoms with Gasteiger partial charge in [0.1, 0.15) is 12.4 Å². The lowest BCUT2D eigenvalue weighted by Crippen LogP contribution is -2.29. The number of pyridine rings is 1. The molecule has 0 aliphatic heterocycles. The molecule has 0 spiro atoms. The summed E-state index contributed by atoms with van der Waals surface area (Å²) in [6, 6.07) is 1.39. The van der Waals surface area contributed by atoms with Gasteiger partial charge in [-0.05, 0) is 31.9 Å². The van der Waals surface area contributed by atoms with E-state index < -0.39 is 12.8 Å². The molecule has 0 aliphatic carbocycles. The Morgan fingerprint density at radius 3 is 2.62 bits per heavy atom. The second-order valence-electron chi connectivity index (χ2n) is 4.80. The zero-order valence-electron chi connectivity index (χ0n) is 12.0. The third-order valence-corrected chi connectivity index (χ3v) is 2.53. The Hall–Kier alpha value is -1.38. The highest BCUT2D eigenvalue weighted by atomic mass is 19.4. The summed E-state index contributed by atoms with van der Waals surface area (Å²) in [6.07, 6.45) is -0.877. The number of aromatic nitrogens is 1. The summed E-state index contributed by atoms with van der Waals surface area (Å²) in [5.74, 6) is 6.01. The molecule has 1 aromatic heterocycles. The van der Waals surface area contributed by atoms with Crippen molar-refractivity contribution in [3.63, 3.8) is 0 Å². The van der Waals surface area contributed by atoms with Gasteiger partial charge >= 0.3 is 6.18 Å².